The number of aromatic nitrogens is 3. The second-order valence-electron chi connectivity index (χ2n) is 8.34. The van der Waals surface area contributed by atoms with Gasteiger partial charge in [-0.1, -0.05) is 6.92 Å². The van der Waals surface area contributed by atoms with Gasteiger partial charge in [-0.15, -0.1) is 0 Å². The molecule has 3 N–H and O–H groups in total. The van der Waals surface area contributed by atoms with E-state index in [-0.39, 0.29) is 29.5 Å². The summed E-state index contributed by atoms with van der Waals surface area (Å²) in [4.78, 5) is 30.8. The molecule has 8 heteroatoms. The second kappa shape index (κ2) is 8.02. The van der Waals surface area contributed by atoms with E-state index in [1.54, 1.807) is 30.0 Å². The van der Waals surface area contributed by atoms with Crippen molar-refractivity contribution in [2.24, 2.45) is 11.8 Å². The van der Waals surface area contributed by atoms with Gasteiger partial charge in [-0.3, -0.25) is 14.7 Å². The van der Waals surface area contributed by atoms with Crippen molar-refractivity contribution in [1.82, 2.24) is 20.1 Å². The van der Waals surface area contributed by atoms with Crippen LogP contribution >= 0.6 is 0 Å². The number of aryl methyl sites for hydroxylation is 3. The molecule has 3 heterocycles. The third-order valence-corrected chi connectivity index (χ3v) is 5.98. The smallest absolute Gasteiger partial charge is 0.270 e. The van der Waals surface area contributed by atoms with Gasteiger partial charge in [0.15, 0.2) is 0 Å². The van der Waals surface area contributed by atoms with Crippen molar-refractivity contribution in [2.45, 2.75) is 27.7 Å². The average Bonchev–Trinajstić information content (AvgIpc) is 3.43. The highest BCUT2D eigenvalue weighted by atomic mass is 19.1. The fourth-order valence-electron chi connectivity index (χ4n) is 4.22. The quantitative estimate of drug-likeness (QED) is 0.596. The molecule has 1 aliphatic rings. The number of rotatable bonds is 4. The van der Waals surface area contributed by atoms with Crippen molar-refractivity contribution in [3.8, 4) is 11.3 Å². The first-order chi connectivity index (χ1) is 14.7. The normalized spacial score (nSPS) is 18.4. The average molecular weight is 423 g/mol. The van der Waals surface area contributed by atoms with Gasteiger partial charge in [-0.05, 0) is 62.6 Å². The first kappa shape index (κ1) is 20.8. The Morgan fingerprint density at radius 3 is 2.61 bits per heavy atom. The van der Waals surface area contributed by atoms with Gasteiger partial charge in [0.2, 0.25) is 5.91 Å². The minimum atomic E-state index is -0.331. The number of benzene rings is 1. The zero-order valence-corrected chi connectivity index (χ0v) is 18.0. The molecule has 31 heavy (non-hydrogen) atoms. The van der Waals surface area contributed by atoms with Crippen LogP contribution in [0, 0.1) is 38.4 Å². The molecule has 1 fully saturated rings. The predicted octanol–water partition coefficient (Wildman–Crippen LogP) is 3.82. The maximum Gasteiger partial charge on any atom is 0.270 e. The number of anilines is 1. The van der Waals surface area contributed by atoms with E-state index in [1.807, 2.05) is 26.8 Å². The van der Waals surface area contributed by atoms with Crippen LogP contribution in [0.4, 0.5) is 10.1 Å². The fourth-order valence-corrected chi connectivity index (χ4v) is 4.22. The van der Waals surface area contributed by atoms with Gasteiger partial charge >= 0.3 is 0 Å². The molecular formula is C23H26FN5O2. The minimum absolute atomic E-state index is 0.0123. The van der Waals surface area contributed by atoms with Crippen molar-refractivity contribution in [3.63, 3.8) is 0 Å². The lowest BCUT2D eigenvalue weighted by atomic mass is 9.97. The SMILES string of the molecule is Cc1cc(NC(=O)[C@@H]2CN(C(=O)c3ccc(-c4c(C)n[nH]c4C)[nH]3)C[C@@H]2C)ccc1F. The number of likely N-dealkylation sites (tertiary alicyclic amines) is 1. The summed E-state index contributed by atoms with van der Waals surface area (Å²) in [5.41, 5.74) is 5.10. The van der Waals surface area contributed by atoms with Crippen LogP contribution in [0.5, 0.6) is 0 Å². The highest BCUT2D eigenvalue weighted by molar-refractivity contribution is 5.96. The number of nitrogens with zero attached hydrogens (tertiary/aromatic N) is 2. The molecule has 0 aliphatic carbocycles. The van der Waals surface area contributed by atoms with Crippen LogP contribution in [0.25, 0.3) is 11.3 Å². The van der Waals surface area contributed by atoms with Gasteiger partial charge in [0.25, 0.3) is 5.91 Å². The zero-order chi connectivity index (χ0) is 22.3. The summed E-state index contributed by atoms with van der Waals surface area (Å²) in [5.74, 6) is -0.925. The number of hydrogen-bond acceptors (Lipinski definition) is 3. The first-order valence-corrected chi connectivity index (χ1v) is 10.3. The van der Waals surface area contributed by atoms with Crippen molar-refractivity contribution < 1.29 is 14.0 Å². The van der Waals surface area contributed by atoms with Crippen LogP contribution in [0.3, 0.4) is 0 Å². The molecule has 162 valence electrons. The van der Waals surface area contributed by atoms with Gasteiger partial charge in [0.05, 0.1) is 11.6 Å². The molecule has 4 rings (SSSR count). The monoisotopic (exact) mass is 423 g/mol. The summed E-state index contributed by atoms with van der Waals surface area (Å²) in [6.07, 6.45) is 0. The van der Waals surface area contributed by atoms with Crippen LogP contribution in [-0.2, 0) is 4.79 Å². The summed E-state index contributed by atoms with van der Waals surface area (Å²) in [6.45, 7) is 8.30. The van der Waals surface area contributed by atoms with E-state index in [1.165, 1.54) is 6.07 Å². The lowest BCUT2D eigenvalue weighted by molar-refractivity contribution is -0.120. The van der Waals surface area contributed by atoms with Crippen LogP contribution in [0.2, 0.25) is 0 Å². The number of carbonyl (C=O) groups is 2. The van der Waals surface area contributed by atoms with Crippen molar-refractivity contribution in [2.75, 3.05) is 18.4 Å². The minimum Gasteiger partial charge on any atom is -0.350 e. The molecule has 3 aromatic rings. The molecule has 1 aliphatic heterocycles. The number of halogens is 1. The Morgan fingerprint density at radius 1 is 1.16 bits per heavy atom. The van der Waals surface area contributed by atoms with E-state index in [0.29, 0.717) is 30.0 Å². The summed E-state index contributed by atoms with van der Waals surface area (Å²) in [6, 6.07) is 8.13. The highest BCUT2D eigenvalue weighted by Crippen LogP contribution is 2.28. The Morgan fingerprint density at radius 2 is 1.94 bits per heavy atom. The predicted molar refractivity (Wildman–Crippen MR) is 116 cm³/mol. The van der Waals surface area contributed by atoms with Gasteiger partial charge in [-0.2, -0.15) is 5.10 Å². The molecule has 1 saturated heterocycles. The molecule has 0 radical (unpaired) electrons. The van der Waals surface area contributed by atoms with E-state index in [4.69, 9.17) is 0 Å². The molecule has 0 unspecified atom stereocenters. The second-order valence-corrected chi connectivity index (χ2v) is 8.34. The first-order valence-electron chi connectivity index (χ1n) is 10.3. The maximum atomic E-state index is 13.5. The van der Waals surface area contributed by atoms with Crippen molar-refractivity contribution >= 4 is 17.5 Å². The van der Waals surface area contributed by atoms with Crippen LogP contribution in [0.15, 0.2) is 30.3 Å². The topological polar surface area (TPSA) is 93.9 Å². The van der Waals surface area contributed by atoms with Gasteiger partial charge < -0.3 is 15.2 Å². The molecule has 2 atom stereocenters. The molecule has 2 amide bonds. The number of carbonyl (C=O) groups excluding carboxylic acids is 2. The molecule has 7 nitrogen and oxygen atoms in total. The third-order valence-electron chi connectivity index (χ3n) is 5.98. The summed E-state index contributed by atoms with van der Waals surface area (Å²) in [5, 5.41) is 10.0. The van der Waals surface area contributed by atoms with E-state index in [2.05, 4.69) is 20.5 Å². The van der Waals surface area contributed by atoms with Crippen molar-refractivity contribution in [3.05, 3.63) is 58.8 Å². The van der Waals surface area contributed by atoms with E-state index in [0.717, 1.165) is 22.6 Å². The van der Waals surface area contributed by atoms with E-state index >= 15 is 0 Å². The van der Waals surface area contributed by atoms with Gasteiger partial charge in [0.1, 0.15) is 11.5 Å². The zero-order valence-electron chi connectivity index (χ0n) is 18.0. The third kappa shape index (κ3) is 3.97. The Kier molecular flexibility index (Phi) is 5.39. The van der Waals surface area contributed by atoms with Crippen LogP contribution < -0.4 is 5.32 Å². The Balaban J connectivity index is 1.45. The lowest BCUT2D eigenvalue weighted by Crippen LogP contribution is -2.31. The van der Waals surface area contributed by atoms with Gasteiger partial charge in [-0.25, -0.2) is 4.39 Å². The van der Waals surface area contributed by atoms with E-state index < -0.39 is 0 Å². The van der Waals surface area contributed by atoms with Crippen LogP contribution in [0.1, 0.15) is 34.4 Å². The highest BCUT2D eigenvalue weighted by Gasteiger charge is 2.37. The number of H-pyrrole nitrogens is 2. The van der Waals surface area contributed by atoms with Crippen molar-refractivity contribution in [1.29, 1.82) is 0 Å². The molecular weight excluding hydrogens is 397 g/mol. The Bertz CT molecular complexity index is 1130. The number of amides is 2. The Hall–Kier alpha value is -3.42. The number of hydrogen-bond donors (Lipinski definition) is 3. The summed E-state index contributed by atoms with van der Waals surface area (Å²) < 4.78 is 13.5. The number of nitrogens with one attached hydrogen (secondary N) is 3. The standard InChI is InChI=1S/C23H26FN5O2/c1-12-9-16(5-6-18(12)24)25-22(30)17-11-29(10-13(17)2)23(31)20-8-7-19(26-20)21-14(3)27-28-15(21)4/h5-9,13,17,26H,10-11H2,1-4H3,(H,25,30)(H,27,28)/t13-,17+/m0/s1. The van der Waals surface area contributed by atoms with Gasteiger partial charge in [0, 0.05) is 35.7 Å². The van der Waals surface area contributed by atoms with E-state index in [9.17, 15) is 14.0 Å². The largest absolute Gasteiger partial charge is 0.350 e. The Labute approximate surface area is 180 Å². The van der Waals surface area contributed by atoms with Crippen LogP contribution in [-0.4, -0.2) is 45.0 Å². The number of aromatic amines is 2. The molecule has 1 aromatic carbocycles. The summed E-state index contributed by atoms with van der Waals surface area (Å²) >= 11 is 0. The molecule has 0 bridgehead atoms. The summed E-state index contributed by atoms with van der Waals surface area (Å²) in [7, 11) is 0. The molecule has 0 spiro atoms. The molecule has 2 aromatic heterocycles. The maximum absolute atomic E-state index is 13.5. The lowest BCUT2D eigenvalue weighted by Gasteiger charge is -2.16. The molecule has 0 saturated carbocycles. The fraction of sp³-hybridized carbons (Fsp3) is 0.348.